The van der Waals surface area contributed by atoms with E-state index in [1.54, 1.807) is 0 Å². The summed E-state index contributed by atoms with van der Waals surface area (Å²) in [5.74, 6) is -1.62. The molecule has 1 saturated heterocycles. The van der Waals surface area contributed by atoms with Gasteiger partial charge in [-0.2, -0.15) is 0 Å². The van der Waals surface area contributed by atoms with Crippen LogP contribution in [0.4, 0.5) is 10.5 Å². The van der Waals surface area contributed by atoms with E-state index in [4.69, 9.17) is 14.2 Å². The van der Waals surface area contributed by atoms with Crippen molar-refractivity contribution in [1.29, 1.82) is 0 Å². The maximum atomic E-state index is 12.3. The van der Waals surface area contributed by atoms with Crippen molar-refractivity contribution < 1.29 is 33.4 Å². The third kappa shape index (κ3) is 4.16. The van der Waals surface area contributed by atoms with Crippen molar-refractivity contribution in [3.05, 3.63) is 12.1 Å². The number of methoxy groups -OCH3 is 3. The minimum atomic E-state index is -1.02. The molecule has 5 amide bonds. The molecule has 1 aromatic carbocycles. The van der Waals surface area contributed by atoms with E-state index in [0.717, 1.165) is 4.90 Å². The minimum Gasteiger partial charge on any atom is -0.493 e. The van der Waals surface area contributed by atoms with Crippen molar-refractivity contribution in [2.75, 3.05) is 39.7 Å². The second-order valence-corrected chi connectivity index (χ2v) is 6.45. The van der Waals surface area contributed by atoms with Gasteiger partial charge in [0.25, 0.3) is 0 Å². The Hall–Kier alpha value is -3.30. The van der Waals surface area contributed by atoms with Gasteiger partial charge in [0.2, 0.25) is 11.7 Å². The lowest BCUT2D eigenvalue weighted by Gasteiger charge is -2.17. The third-order valence-corrected chi connectivity index (χ3v) is 3.93. The number of nitrogens with zero attached hydrogens (tertiary/aromatic N) is 2. The quantitative estimate of drug-likeness (QED) is 0.519. The Labute approximate surface area is 162 Å². The highest BCUT2D eigenvalue weighted by Crippen LogP contribution is 2.39. The Kier molecular flexibility index (Phi) is 6.45. The number of imide groups is 2. The lowest BCUT2D eigenvalue weighted by molar-refractivity contribution is -0.143. The molecular formula is C18H23N3O7. The monoisotopic (exact) mass is 393 g/mol. The van der Waals surface area contributed by atoms with Gasteiger partial charge in [0.15, 0.2) is 11.5 Å². The Morgan fingerprint density at radius 2 is 1.50 bits per heavy atom. The van der Waals surface area contributed by atoms with E-state index in [-0.39, 0.29) is 12.5 Å². The Morgan fingerprint density at radius 3 is 1.96 bits per heavy atom. The first-order chi connectivity index (χ1) is 13.2. The van der Waals surface area contributed by atoms with Crippen molar-refractivity contribution >= 4 is 29.4 Å². The van der Waals surface area contributed by atoms with Crippen LogP contribution in [0.1, 0.15) is 13.8 Å². The van der Waals surface area contributed by atoms with Gasteiger partial charge in [-0.3, -0.25) is 19.3 Å². The fourth-order valence-electron chi connectivity index (χ4n) is 2.71. The summed E-state index contributed by atoms with van der Waals surface area (Å²) >= 11 is 0. The summed E-state index contributed by atoms with van der Waals surface area (Å²) < 4.78 is 15.6. The average Bonchev–Trinajstić information content (AvgIpc) is 2.84. The smallest absolute Gasteiger partial charge is 0.334 e. The molecule has 2 rings (SSSR count). The normalized spacial score (nSPS) is 14.0. The largest absolute Gasteiger partial charge is 0.493 e. The molecule has 1 aromatic rings. The SMILES string of the molecule is COc1cc(NC(=O)CN2C(=O)C(=O)N(CC(C)C)C2=O)cc(OC)c1OC. The number of carbonyl (C=O) groups is 4. The highest BCUT2D eigenvalue weighted by atomic mass is 16.5. The molecule has 152 valence electrons. The number of amides is 5. The molecule has 10 heteroatoms. The van der Waals surface area contributed by atoms with Crippen LogP contribution in [0.15, 0.2) is 12.1 Å². The van der Waals surface area contributed by atoms with E-state index < -0.39 is 30.3 Å². The topological polar surface area (TPSA) is 114 Å². The van der Waals surface area contributed by atoms with Crippen molar-refractivity contribution in [3.8, 4) is 17.2 Å². The van der Waals surface area contributed by atoms with Gasteiger partial charge in [-0.05, 0) is 5.92 Å². The minimum absolute atomic E-state index is 0.00583. The van der Waals surface area contributed by atoms with Crippen LogP contribution in [0, 0.1) is 5.92 Å². The molecule has 0 unspecified atom stereocenters. The summed E-state index contributed by atoms with van der Waals surface area (Å²) in [5.41, 5.74) is 0.309. The summed E-state index contributed by atoms with van der Waals surface area (Å²) in [5, 5.41) is 2.55. The van der Waals surface area contributed by atoms with Crippen LogP contribution < -0.4 is 19.5 Å². The predicted octanol–water partition coefficient (Wildman–Crippen LogP) is 1.10. The van der Waals surface area contributed by atoms with Crippen LogP contribution in [0.2, 0.25) is 0 Å². The molecule has 0 aromatic heterocycles. The zero-order valence-corrected chi connectivity index (χ0v) is 16.4. The number of hydrogen-bond acceptors (Lipinski definition) is 7. The van der Waals surface area contributed by atoms with Crippen molar-refractivity contribution in [1.82, 2.24) is 9.80 Å². The molecule has 0 bridgehead atoms. The van der Waals surface area contributed by atoms with Crippen LogP contribution in [0.5, 0.6) is 17.2 Å². The summed E-state index contributed by atoms with van der Waals surface area (Å²) in [6.07, 6.45) is 0. The number of urea groups is 1. The van der Waals surface area contributed by atoms with Gasteiger partial charge in [0.05, 0.1) is 21.3 Å². The fourth-order valence-corrected chi connectivity index (χ4v) is 2.71. The van der Waals surface area contributed by atoms with Gasteiger partial charge in [-0.1, -0.05) is 13.8 Å². The summed E-state index contributed by atoms with van der Waals surface area (Å²) in [7, 11) is 4.31. The predicted molar refractivity (Wildman–Crippen MR) is 98.4 cm³/mol. The van der Waals surface area contributed by atoms with Crippen molar-refractivity contribution in [3.63, 3.8) is 0 Å². The van der Waals surface area contributed by atoms with Crippen molar-refractivity contribution in [2.24, 2.45) is 5.92 Å². The number of nitrogens with one attached hydrogen (secondary N) is 1. The molecule has 0 aliphatic carbocycles. The van der Waals surface area contributed by atoms with Gasteiger partial charge in [0.1, 0.15) is 6.54 Å². The third-order valence-electron chi connectivity index (χ3n) is 3.93. The Morgan fingerprint density at radius 1 is 0.964 bits per heavy atom. The van der Waals surface area contributed by atoms with Gasteiger partial charge in [0, 0.05) is 24.4 Å². The van der Waals surface area contributed by atoms with Gasteiger partial charge < -0.3 is 19.5 Å². The molecule has 0 atom stereocenters. The van der Waals surface area contributed by atoms with E-state index in [9.17, 15) is 19.2 Å². The molecule has 1 heterocycles. The van der Waals surface area contributed by atoms with Gasteiger partial charge in [-0.25, -0.2) is 9.69 Å². The molecule has 0 radical (unpaired) electrons. The summed E-state index contributed by atoms with van der Waals surface area (Å²) in [4.78, 5) is 50.2. The van der Waals surface area contributed by atoms with Gasteiger partial charge >= 0.3 is 17.8 Å². The zero-order chi connectivity index (χ0) is 21.0. The van der Waals surface area contributed by atoms with Crippen LogP contribution in [0.25, 0.3) is 0 Å². The first-order valence-electron chi connectivity index (χ1n) is 8.50. The Bertz CT molecular complexity index is 781. The molecule has 1 aliphatic rings. The molecule has 1 N–H and O–H groups in total. The van der Waals surface area contributed by atoms with E-state index in [1.807, 2.05) is 13.8 Å². The highest BCUT2D eigenvalue weighted by Gasteiger charge is 2.45. The van der Waals surface area contributed by atoms with Crippen LogP contribution in [0.3, 0.4) is 0 Å². The number of ether oxygens (including phenoxy) is 3. The van der Waals surface area contributed by atoms with E-state index in [0.29, 0.717) is 27.8 Å². The number of rotatable bonds is 8. The van der Waals surface area contributed by atoms with E-state index in [2.05, 4.69) is 5.32 Å². The standard InChI is InChI=1S/C18H23N3O7/c1-10(2)8-20-16(23)17(24)21(18(20)25)9-14(22)19-11-6-12(26-3)15(28-5)13(7-11)27-4/h6-7,10H,8-9H2,1-5H3,(H,19,22). The molecule has 10 nitrogen and oxygen atoms in total. The number of carbonyl (C=O) groups excluding carboxylic acids is 4. The molecule has 1 fully saturated rings. The number of benzene rings is 1. The fraction of sp³-hybridized carbons (Fsp3) is 0.444. The molecular weight excluding hydrogens is 370 g/mol. The maximum Gasteiger partial charge on any atom is 0.334 e. The van der Waals surface area contributed by atoms with Crippen LogP contribution >= 0.6 is 0 Å². The van der Waals surface area contributed by atoms with E-state index >= 15 is 0 Å². The summed E-state index contributed by atoms with van der Waals surface area (Å²) in [6, 6.07) is 2.20. The zero-order valence-electron chi connectivity index (χ0n) is 16.4. The second kappa shape index (κ2) is 8.59. The lowest BCUT2D eigenvalue weighted by Crippen LogP contribution is -2.39. The molecule has 1 aliphatic heterocycles. The van der Waals surface area contributed by atoms with Crippen LogP contribution in [-0.4, -0.2) is 68.0 Å². The molecule has 0 spiro atoms. The first kappa shape index (κ1) is 21.0. The average molecular weight is 393 g/mol. The van der Waals surface area contributed by atoms with Crippen LogP contribution in [-0.2, 0) is 14.4 Å². The van der Waals surface area contributed by atoms with Crippen molar-refractivity contribution in [2.45, 2.75) is 13.8 Å². The highest BCUT2D eigenvalue weighted by molar-refractivity contribution is 6.45. The summed E-state index contributed by atoms with van der Waals surface area (Å²) in [6.45, 7) is 3.14. The van der Waals surface area contributed by atoms with Gasteiger partial charge in [-0.15, -0.1) is 0 Å². The molecule has 28 heavy (non-hydrogen) atoms. The van der Waals surface area contributed by atoms with E-state index in [1.165, 1.54) is 33.5 Å². The Balaban J connectivity index is 2.15. The molecule has 0 saturated carbocycles. The first-order valence-corrected chi connectivity index (χ1v) is 8.50. The lowest BCUT2D eigenvalue weighted by atomic mass is 10.2. The number of anilines is 1. The maximum absolute atomic E-state index is 12.3. The second-order valence-electron chi connectivity index (χ2n) is 6.45. The number of hydrogen-bond donors (Lipinski definition) is 1.